The highest BCUT2D eigenvalue weighted by Crippen LogP contribution is 2.60. The lowest BCUT2D eigenvalue weighted by atomic mass is 9.48. The number of aliphatic hydroxyl groups is 1. The highest BCUT2D eigenvalue weighted by atomic mass is 16.3. The first-order valence-corrected chi connectivity index (χ1v) is 8.88. The molecule has 110 valence electrons. The van der Waals surface area contributed by atoms with E-state index in [1.54, 1.807) is 0 Å². The van der Waals surface area contributed by atoms with E-state index in [4.69, 9.17) is 0 Å². The molecule has 0 heterocycles. The summed E-state index contributed by atoms with van der Waals surface area (Å²) in [6.07, 6.45) is 13.2. The lowest BCUT2D eigenvalue weighted by Gasteiger charge is -2.59. The van der Waals surface area contributed by atoms with Crippen LogP contribution in [0.15, 0.2) is 0 Å². The van der Waals surface area contributed by atoms with Gasteiger partial charge in [0.2, 0.25) is 0 Å². The summed E-state index contributed by atoms with van der Waals surface area (Å²) >= 11 is 0. The molecule has 1 heteroatoms. The molecule has 0 aromatic carbocycles. The molecule has 0 spiro atoms. The minimum Gasteiger partial charge on any atom is -0.389 e. The summed E-state index contributed by atoms with van der Waals surface area (Å²) in [6.45, 7) is 4.60. The smallest absolute Gasteiger partial charge is 0.0706 e. The maximum Gasteiger partial charge on any atom is 0.0706 e. The summed E-state index contributed by atoms with van der Waals surface area (Å²) < 4.78 is 0. The van der Waals surface area contributed by atoms with E-state index in [2.05, 4.69) is 13.8 Å². The van der Waals surface area contributed by atoms with Crippen molar-refractivity contribution in [3.05, 3.63) is 0 Å². The molecule has 19 heavy (non-hydrogen) atoms. The number of unbranched alkanes of at least 4 members (excludes halogenated alkanes) is 1. The molecule has 0 aromatic rings. The van der Waals surface area contributed by atoms with Gasteiger partial charge in [-0.15, -0.1) is 0 Å². The van der Waals surface area contributed by atoms with E-state index in [-0.39, 0.29) is 5.60 Å². The van der Waals surface area contributed by atoms with Gasteiger partial charge >= 0.3 is 0 Å². The minimum absolute atomic E-state index is 0.276. The molecule has 1 N–H and O–H groups in total. The molecule has 4 rings (SSSR count). The molecular formula is C18H32O. The van der Waals surface area contributed by atoms with E-state index in [1.165, 1.54) is 57.8 Å². The van der Waals surface area contributed by atoms with Crippen molar-refractivity contribution in [2.24, 2.45) is 29.6 Å². The third kappa shape index (κ3) is 2.48. The molecule has 0 amide bonds. The summed E-state index contributed by atoms with van der Waals surface area (Å²) in [5, 5.41) is 11.4. The van der Waals surface area contributed by atoms with Crippen LogP contribution in [-0.2, 0) is 0 Å². The van der Waals surface area contributed by atoms with Crippen LogP contribution in [0.1, 0.15) is 78.1 Å². The van der Waals surface area contributed by atoms with Gasteiger partial charge in [-0.25, -0.2) is 0 Å². The molecule has 0 radical (unpaired) electrons. The number of hydrogen-bond acceptors (Lipinski definition) is 1. The molecular weight excluding hydrogens is 232 g/mol. The Balaban J connectivity index is 1.68. The predicted octanol–water partition coefficient (Wildman–Crippen LogP) is 4.78. The van der Waals surface area contributed by atoms with Crippen LogP contribution >= 0.6 is 0 Å². The summed E-state index contributed by atoms with van der Waals surface area (Å²) in [4.78, 5) is 0. The van der Waals surface area contributed by atoms with Crippen molar-refractivity contribution in [3.63, 3.8) is 0 Å². The fourth-order valence-corrected chi connectivity index (χ4v) is 5.74. The Labute approximate surface area is 119 Å². The highest BCUT2D eigenvalue weighted by Gasteiger charge is 2.56. The van der Waals surface area contributed by atoms with Gasteiger partial charge in [0.25, 0.3) is 0 Å². The van der Waals surface area contributed by atoms with Crippen molar-refractivity contribution in [2.75, 3.05) is 0 Å². The third-order valence-electron chi connectivity index (χ3n) is 6.71. The summed E-state index contributed by atoms with van der Waals surface area (Å²) in [6, 6.07) is 0. The Morgan fingerprint density at radius 3 is 2.05 bits per heavy atom. The van der Waals surface area contributed by atoms with E-state index >= 15 is 0 Å². The molecule has 0 aliphatic heterocycles. The van der Waals surface area contributed by atoms with Gasteiger partial charge in [0.15, 0.2) is 0 Å². The first kappa shape index (κ1) is 13.9. The van der Waals surface area contributed by atoms with Gasteiger partial charge in [-0.3, -0.25) is 0 Å². The second-order valence-electron chi connectivity index (χ2n) is 7.92. The van der Waals surface area contributed by atoms with E-state index in [0.717, 1.165) is 24.2 Å². The van der Waals surface area contributed by atoms with E-state index in [9.17, 15) is 5.11 Å². The zero-order chi connectivity index (χ0) is 13.5. The quantitative estimate of drug-likeness (QED) is 0.732. The lowest BCUT2D eigenvalue weighted by Crippen LogP contribution is -2.58. The largest absolute Gasteiger partial charge is 0.389 e. The second kappa shape index (κ2) is 5.39. The first-order valence-electron chi connectivity index (χ1n) is 8.88. The van der Waals surface area contributed by atoms with E-state index in [0.29, 0.717) is 11.8 Å². The Morgan fingerprint density at radius 1 is 1.00 bits per heavy atom. The van der Waals surface area contributed by atoms with Gasteiger partial charge in [-0.1, -0.05) is 39.5 Å². The minimum atomic E-state index is -0.276. The maximum absolute atomic E-state index is 11.4. The van der Waals surface area contributed by atoms with Crippen LogP contribution in [0, 0.1) is 29.6 Å². The molecule has 0 saturated heterocycles. The van der Waals surface area contributed by atoms with Crippen LogP contribution in [-0.4, -0.2) is 10.7 Å². The first-order chi connectivity index (χ1) is 9.15. The zero-order valence-electron chi connectivity index (χ0n) is 12.9. The van der Waals surface area contributed by atoms with E-state index in [1.807, 2.05) is 0 Å². The van der Waals surface area contributed by atoms with Gasteiger partial charge in [0, 0.05) is 0 Å². The Kier molecular flexibility index (Phi) is 3.95. The summed E-state index contributed by atoms with van der Waals surface area (Å²) in [5.41, 5.74) is -0.276. The lowest BCUT2D eigenvalue weighted by molar-refractivity contribution is -0.182. The van der Waals surface area contributed by atoms with Crippen LogP contribution in [0.5, 0.6) is 0 Å². The van der Waals surface area contributed by atoms with Crippen molar-refractivity contribution in [2.45, 2.75) is 83.7 Å². The molecule has 4 aliphatic rings. The van der Waals surface area contributed by atoms with Crippen LogP contribution in [0.4, 0.5) is 0 Å². The summed E-state index contributed by atoms with van der Waals surface area (Å²) in [7, 11) is 0. The normalized spacial score (nSPS) is 45.6. The van der Waals surface area contributed by atoms with Crippen molar-refractivity contribution in [3.8, 4) is 0 Å². The third-order valence-corrected chi connectivity index (χ3v) is 6.71. The van der Waals surface area contributed by atoms with Gasteiger partial charge in [-0.2, -0.15) is 0 Å². The SMILES string of the molecule is CCCCC(CC)CC1(O)C2CC3CC(C2)CC1C3. The van der Waals surface area contributed by atoms with Crippen molar-refractivity contribution in [1.29, 1.82) is 0 Å². The van der Waals surface area contributed by atoms with Gasteiger partial charge in [0.05, 0.1) is 5.60 Å². The predicted molar refractivity (Wildman–Crippen MR) is 79.9 cm³/mol. The topological polar surface area (TPSA) is 20.2 Å². The Hall–Kier alpha value is -0.0400. The highest BCUT2D eigenvalue weighted by molar-refractivity contribution is 5.07. The monoisotopic (exact) mass is 264 g/mol. The van der Waals surface area contributed by atoms with E-state index < -0.39 is 0 Å². The molecule has 4 fully saturated rings. The van der Waals surface area contributed by atoms with Crippen molar-refractivity contribution >= 4 is 0 Å². The molecule has 1 atom stereocenters. The molecule has 1 unspecified atom stereocenters. The Bertz CT molecular complexity index is 281. The number of hydrogen-bond donors (Lipinski definition) is 1. The van der Waals surface area contributed by atoms with Crippen LogP contribution in [0.3, 0.4) is 0 Å². The maximum atomic E-state index is 11.4. The Morgan fingerprint density at radius 2 is 1.58 bits per heavy atom. The average Bonchev–Trinajstić information content (AvgIpc) is 2.40. The zero-order valence-corrected chi connectivity index (χ0v) is 12.9. The van der Waals surface area contributed by atoms with Gasteiger partial charge in [-0.05, 0) is 68.1 Å². The fourth-order valence-electron chi connectivity index (χ4n) is 5.74. The summed E-state index contributed by atoms with van der Waals surface area (Å²) in [5.74, 6) is 4.01. The van der Waals surface area contributed by atoms with Gasteiger partial charge < -0.3 is 5.11 Å². The number of rotatable bonds is 6. The van der Waals surface area contributed by atoms with Crippen molar-refractivity contribution < 1.29 is 5.11 Å². The molecule has 1 nitrogen and oxygen atoms in total. The molecule has 4 saturated carbocycles. The van der Waals surface area contributed by atoms with Crippen LogP contribution in [0.2, 0.25) is 0 Å². The molecule has 4 bridgehead atoms. The van der Waals surface area contributed by atoms with Crippen LogP contribution in [0.25, 0.3) is 0 Å². The fraction of sp³-hybridized carbons (Fsp3) is 1.00. The van der Waals surface area contributed by atoms with Crippen molar-refractivity contribution in [1.82, 2.24) is 0 Å². The molecule has 0 aromatic heterocycles. The second-order valence-corrected chi connectivity index (χ2v) is 7.92. The van der Waals surface area contributed by atoms with Crippen LogP contribution < -0.4 is 0 Å². The molecule has 4 aliphatic carbocycles. The average molecular weight is 264 g/mol. The van der Waals surface area contributed by atoms with Gasteiger partial charge in [0.1, 0.15) is 0 Å². The standard InChI is InChI=1S/C18H32O/c1-3-5-6-13(4-2)12-18(19)16-8-14-7-15(10-16)11-17(18)9-14/h13-17,19H,3-12H2,1-2H3.